The average Bonchev–Trinajstić information content (AvgIpc) is 3.31. The van der Waals surface area contributed by atoms with E-state index in [0.717, 1.165) is 24.6 Å². The van der Waals surface area contributed by atoms with Crippen LogP contribution in [-0.4, -0.2) is 97.5 Å². The third-order valence-electron chi connectivity index (χ3n) is 7.30. The average molecular weight is 639 g/mol. The number of hydrogen-bond acceptors (Lipinski definition) is 8. The van der Waals surface area contributed by atoms with Crippen LogP contribution < -0.4 is 10.7 Å². The Kier molecular flexibility index (Phi) is 18.9. The monoisotopic (exact) mass is 638 g/mol. The number of aliphatic carboxylic acids is 3. The summed E-state index contributed by atoms with van der Waals surface area (Å²) in [5.41, 5.74) is 2.74. The number of likely N-dealkylation sites (tertiary alicyclic amines) is 1. The molecule has 0 spiro atoms. The summed E-state index contributed by atoms with van der Waals surface area (Å²) in [6, 6.07) is -2.60. The molecule has 1 rings (SSSR count). The minimum atomic E-state index is -1.32. The van der Waals surface area contributed by atoms with E-state index >= 15 is 0 Å². The largest absolute Gasteiger partial charge is 0.481 e. The smallest absolute Gasteiger partial charge is 0.365 e. The summed E-state index contributed by atoms with van der Waals surface area (Å²) in [4.78, 5) is 60.6. The standard InChI is InChI=1S/C31H47N3O9S/c1-3-4-5-6-7-8-9-10-11-12-13-14-17-26(25(35)16-15-18-28(37)38)44-22-24(30(41)33-21-29(39)40)34(32-2)23(31(42)43)19-20-27(34)36/h7-8,10-14,17,23-26,32,35H,3-6,9,15-16,18-22H2,1-2H3,(H3-,33,37,38,39,40,41,42,43)/p+1/b8-7-,11-10-,13-12-,17-14-/t23?,24?,25-,26?,34?/m0/s1. The number of nitrogens with one attached hydrogen (secondary N) is 2. The normalized spacial score (nSPS) is 21.0. The van der Waals surface area contributed by atoms with Crippen molar-refractivity contribution in [2.24, 2.45) is 0 Å². The number of unbranched alkanes of at least 4 members (excludes halogenated alkanes) is 3. The van der Waals surface area contributed by atoms with Crippen molar-refractivity contribution in [2.45, 2.75) is 94.6 Å². The summed E-state index contributed by atoms with van der Waals surface area (Å²) in [6.45, 7) is 1.45. The van der Waals surface area contributed by atoms with Crippen LogP contribution in [0, 0.1) is 0 Å². The van der Waals surface area contributed by atoms with E-state index < -0.39 is 64.3 Å². The number of aliphatic hydroxyl groups excluding tert-OH is 1. The molecular weight excluding hydrogens is 590 g/mol. The molecule has 1 aliphatic heterocycles. The third kappa shape index (κ3) is 13.2. The molecular formula is C31H48N3O9S+. The summed E-state index contributed by atoms with van der Waals surface area (Å²) >= 11 is 1.10. The Labute approximate surface area is 263 Å². The number of nitrogens with zero attached hydrogens (tertiary/aromatic N) is 1. The van der Waals surface area contributed by atoms with Crippen molar-refractivity contribution in [3.63, 3.8) is 0 Å². The van der Waals surface area contributed by atoms with Crippen LogP contribution in [0.5, 0.6) is 0 Å². The van der Waals surface area contributed by atoms with Gasteiger partial charge in [0.15, 0.2) is 0 Å². The van der Waals surface area contributed by atoms with Gasteiger partial charge in [-0.15, -0.1) is 11.8 Å². The maximum Gasteiger partial charge on any atom is 0.365 e. The molecule has 0 aromatic rings. The van der Waals surface area contributed by atoms with Gasteiger partial charge in [-0.3, -0.25) is 14.4 Å². The Bertz CT molecular complexity index is 1080. The van der Waals surface area contributed by atoms with Crippen LogP contribution in [0.1, 0.15) is 71.1 Å². The summed E-state index contributed by atoms with van der Waals surface area (Å²) in [6.07, 6.45) is 19.8. The first-order valence-corrected chi connectivity index (χ1v) is 16.1. The Morgan fingerprint density at radius 3 is 2.36 bits per heavy atom. The molecule has 1 saturated heterocycles. The van der Waals surface area contributed by atoms with E-state index in [2.05, 4.69) is 29.8 Å². The minimum absolute atomic E-state index is 0.00348. The molecule has 0 saturated carbocycles. The van der Waals surface area contributed by atoms with E-state index in [9.17, 15) is 34.2 Å². The van der Waals surface area contributed by atoms with Crippen molar-refractivity contribution in [1.82, 2.24) is 10.7 Å². The van der Waals surface area contributed by atoms with E-state index in [1.165, 1.54) is 26.3 Å². The maximum absolute atomic E-state index is 13.3. The van der Waals surface area contributed by atoms with Crippen LogP contribution in [0.4, 0.5) is 0 Å². The van der Waals surface area contributed by atoms with Crippen LogP contribution >= 0.6 is 11.8 Å². The first-order chi connectivity index (χ1) is 21.0. The molecule has 44 heavy (non-hydrogen) atoms. The molecule has 1 aliphatic rings. The topological polar surface area (TPSA) is 190 Å². The minimum Gasteiger partial charge on any atom is -0.481 e. The van der Waals surface area contributed by atoms with Gasteiger partial charge in [0.25, 0.3) is 5.91 Å². The molecule has 1 heterocycles. The van der Waals surface area contributed by atoms with Crippen LogP contribution in [0.25, 0.3) is 0 Å². The lowest BCUT2D eigenvalue weighted by atomic mass is 10.1. The quantitative estimate of drug-likeness (QED) is 0.0417. The lowest BCUT2D eigenvalue weighted by Gasteiger charge is -2.39. The van der Waals surface area contributed by atoms with Gasteiger partial charge in [-0.2, -0.15) is 10.0 Å². The fraction of sp³-hybridized carbons (Fsp3) is 0.581. The first kappa shape index (κ1) is 38.8. The van der Waals surface area contributed by atoms with Gasteiger partial charge >= 0.3 is 23.8 Å². The molecule has 2 amide bonds. The van der Waals surface area contributed by atoms with Crippen LogP contribution in [0.15, 0.2) is 48.6 Å². The van der Waals surface area contributed by atoms with Gasteiger partial charge < -0.3 is 25.7 Å². The fourth-order valence-corrected chi connectivity index (χ4v) is 6.35. The highest BCUT2D eigenvalue weighted by Crippen LogP contribution is 2.33. The molecule has 0 radical (unpaired) electrons. The van der Waals surface area contributed by atoms with Gasteiger partial charge in [-0.05, 0) is 32.1 Å². The molecule has 13 heteroatoms. The van der Waals surface area contributed by atoms with E-state index in [1.807, 2.05) is 18.2 Å². The van der Waals surface area contributed by atoms with Gasteiger partial charge in [0.2, 0.25) is 12.1 Å². The highest BCUT2D eigenvalue weighted by atomic mass is 32.2. The fourth-order valence-electron chi connectivity index (χ4n) is 4.99. The Balaban J connectivity index is 3.13. The molecule has 5 atom stereocenters. The zero-order valence-corrected chi connectivity index (χ0v) is 26.4. The highest BCUT2D eigenvalue weighted by molar-refractivity contribution is 8.00. The summed E-state index contributed by atoms with van der Waals surface area (Å²) in [5, 5.41) is 40.5. The number of amides is 2. The molecule has 0 aromatic heterocycles. The number of rotatable bonds is 23. The van der Waals surface area contributed by atoms with E-state index in [4.69, 9.17) is 10.2 Å². The Hall–Kier alpha value is -3.26. The van der Waals surface area contributed by atoms with Crippen LogP contribution in [-0.2, 0) is 24.0 Å². The number of allylic oxidation sites excluding steroid dienone is 7. The van der Waals surface area contributed by atoms with Gasteiger partial charge in [0.1, 0.15) is 6.54 Å². The number of carboxylic acid groups (broad SMARTS) is 3. The molecule has 4 unspecified atom stereocenters. The van der Waals surface area contributed by atoms with Gasteiger partial charge in [-0.25, -0.2) is 9.59 Å². The summed E-state index contributed by atoms with van der Waals surface area (Å²) in [5.74, 6) is -5.05. The van der Waals surface area contributed by atoms with Crippen LogP contribution in [0.2, 0.25) is 0 Å². The number of hydrogen-bond donors (Lipinski definition) is 6. The molecule has 0 aliphatic carbocycles. The van der Waals surface area contributed by atoms with Crippen molar-refractivity contribution in [2.75, 3.05) is 19.3 Å². The zero-order valence-electron chi connectivity index (χ0n) is 25.6. The SMILES string of the molecule is CCCCC/C=C\C\C=C/C=C\C=C/C(SCC(C(=O)NCC(=O)O)[N+]1(NC)C(=O)CCC1C(=O)O)[C@@H](O)CCCC(=O)O. The molecule has 6 N–H and O–H groups in total. The van der Waals surface area contributed by atoms with Crippen molar-refractivity contribution in [3.8, 4) is 0 Å². The molecule has 1 fully saturated rings. The number of aliphatic hydroxyl groups is 1. The summed E-state index contributed by atoms with van der Waals surface area (Å²) in [7, 11) is 1.38. The van der Waals surface area contributed by atoms with Crippen LogP contribution in [0.3, 0.4) is 0 Å². The van der Waals surface area contributed by atoms with Gasteiger partial charge in [-0.1, -0.05) is 68.4 Å². The molecule has 12 nitrogen and oxygen atoms in total. The summed E-state index contributed by atoms with van der Waals surface area (Å²) < 4.78 is -0.892. The van der Waals surface area contributed by atoms with E-state index in [-0.39, 0.29) is 37.9 Å². The Morgan fingerprint density at radius 2 is 1.73 bits per heavy atom. The van der Waals surface area contributed by atoms with E-state index in [0.29, 0.717) is 0 Å². The number of carbonyl (C=O) groups excluding carboxylic acids is 2. The van der Waals surface area contributed by atoms with Crippen molar-refractivity contribution < 1.29 is 49.0 Å². The lowest BCUT2D eigenvalue weighted by molar-refractivity contribution is -0.916. The van der Waals surface area contributed by atoms with Crippen molar-refractivity contribution >= 4 is 41.5 Å². The maximum atomic E-state index is 13.3. The predicted octanol–water partition coefficient (Wildman–Crippen LogP) is 3.19. The second-order valence-electron chi connectivity index (χ2n) is 10.5. The van der Waals surface area contributed by atoms with E-state index in [1.54, 1.807) is 18.2 Å². The Morgan fingerprint density at radius 1 is 1.00 bits per heavy atom. The highest BCUT2D eigenvalue weighted by Gasteiger charge is 2.60. The first-order valence-electron chi connectivity index (χ1n) is 15.0. The van der Waals surface area contributed by atoms with Crippen molar-refractivity contribution in [1.29, 1.82) is 0 Å². The zero-order chi connectivity index (χ0) is 33.0. The molecule has 0 aromatic carbocycles. The second kappa shape index (κ2) is 21.4. The molecule has 246 valence electrons. The second-order valence-corrected chi connectivity index (χ2v) is 11.7. The number of thioether (sulfide) groups is 1. The predicted molar refractivity (Wildman–Crippen MR) is 168 cm³/mol. The number of carbonyl (C=O) groups is 5. The third-order valence-corrected chi connectivity index (χ3v) is 8.66. The molecule has 0 bridgehead atoms. The number of carboxylic acids is 3. The lowest BCUT2D eigenvalue weighted by Crippen LogP contribution is -2.73. The number of quaternary nitrogens is 1. The van der Waals surface area contributed by atoms with Gasteiger partial charge in [0, 0.05) is 25.1 Å². The van der Waals surface area contributed by atoms with Gasteiger partial charge in [0.05, 0.1) is 18.3 Å². The van der Waals surface area contributed by atoms with Crippen molar-refractivity contribution in [3.05, 3.63) is 48.6 Å².